The number of nitro benzene ring substituents is 2. The molecule has 0 bridgehead atoms. The van der Waals surface area contributed by atoms with Gasteiger partial charge in [0.05, 0.1) is 54.4 Å². The van der Waals surface area contributed by atoms with E-state index < -0.39 is 92.0 Å². The van der Waals surface area contributed by atoms with Crippen LogP contribution in [0.3, 0.4) is 0 Å². The first-order chi connectivity index (χ1) is 49.5. The molecule has 4 aliphatic heterocycles. The van der Waals surface area contributed by atoms with E-state index in [0.717, 1.165) is 46.3 Å². The number of pyridine rings is 3. The van der Waals surface area contributed by atoms with Gasteiger partial charge < -0.3 is 26.8 Å². The first-order valence-corrected chi connectivity index (χ1v) is 38.3. The van der Waals surface area contributed by atoms with Crippen molar-refractivity contribution in [1.29, 1.82) is 0 Å². The minimum Gasteiger partial charge on any atom is -0.480 e. The molecule has 0 radical (unpaired) electrons. The third kappa shape index (κ3) is 19.5. The molecule has 7 heterocycles. The van der Waals surface area contributed by atoms with Crippen LogP contribution in [0.1, 0.15) is 68.3 Å². The van der Waals surface area contributed by atoms with Crippen molar-refractivity contribution >= 4 is 104 Å². The molecular weight excluding hydrogens is 1430 g/mol. The first-order valence-electron chi connectivity index (χ1n) is 32.5. The van der Waals surface area contributed by atoms with Crippen LogP contribution in [0.2, 0.25) is 0 Å². The number of urea groups is 1. The smallest absolute Gasteiger partial charge is 0.323 e. The number of hydrogen-bond donors (Lipinski definition) is 5. The number of carboxylic acids is 1. The summed E-state index contributed by atoms with van der Waals surface area (Å²) in [6.07, 6.45) is 8.98. The van der Waals surface area contributed by atoms with Crippen LogP contribution in [-0.4, -0.2) is 161 Å². The van der Waals surface area contributed by atoms with Gasteiger partial charge >= 0.3 is 12.0 Å². The number of aromatic nitrogens is 3. The number of rotatable bonds is 21. The lowest BCUT2D eigenvalue weighted by Crippen LogP contribution is -2.43. The Bertz CT molecular complexity index is 4850. The molecule has 4 atom stereocenters. The second-order valence-corrected chi connectivity index (χ2v) is 31.7. The molecule has 3 aromatic heterocycles. The van der Waals surface area contributed by atoms with Gasteiger partial charge in [-0.2, -0.15) is 17.2 Å². The number of Topliss-reactive ketones (excluding diaryl/α,β-unsaturated/α-hetero) is 2. The van der Waals surface area contributed by atoms with Crippen LogP contribution in [0.5, 0.6) is 0 Å². The Morgan fingerprint density at radius 1 is 0.452 bits per heavy atom. The summed E-state index contributed by atoms with van der Waals surface area (Å²) in [5, 5.41) is 38.3. The molecule has 8 aromatic rings. The standard InChI is InChI=1S/C24H25N5O4S.C17H17N3O5S.C17H19N3O3S.C11H12N2O6S/c1-17-7-9-18(10-8-17)26-24(31)27-19-11-13-20(14-12-19)34(32,33)29-16-4-5-21(29)23(30)28-22-6-2-3-15-25-22;21-17(12-13-4-1-2-10-18-13)16-5-3-11-19(16)26(24,25)15-8-6-14(7-9-15)20(22)23;18-13-6-8-15(9-7-13)24(22,23)20-11-3-5-16(20)17(21)12-14-4-1-2-10-19-14;14-11(15)10-2-1-7-12(10)20(18,19)9-5-3-8(4-6-9)13(16)17/h2-3,6-15,21H,4-5,16H2,1H3,(H,25,28,30)(H2,26,27,31);1-2,4,6-10,16H,3,5,11-12H2;1-2,4,6-10,16H,3,5,11-12,18H2;3-6,10H,1-2,7H2,(H,14,15)/t;2*16-;10-/m.000/s1. The topological polar surface area (TPSA) is 442 Å². The Labute approximate surface area is 599 Å². The third-order valence-electron chi connectivity index (χ3n) is 17.0. The molecule has 31 nitrogen and oxygen atoms in total. The molecule has 35 heteroatoms. The largest absolute Gasteiger partial charge is 0.480 e. The zero-order valence-electron chi connectivity index (χ0n) is 55.8. The van der Waals surface area contributed by atoms with Crippen molar-refractivity contribution in [3.8, 4) is 0 Å². The average Bonchev–Trinajstić information content (AvgIpc) is 1.56. The Morgan fingerprint density at radius 2 is 0.788 bits per heavy atom. The molecular formula is C69H73N13O18S4. The molecule has 12 rings (SSSR count). The molecule has 546 valence electrons. The fourth-order valence-electron chi connectivity index (χ4n) is 11.8. The van der Waals surface area contributed by atoms with E-state index in [1.807, 2.05) is 25.1 Å². The minimum absolute atomic E-state index is 0.0505. The molecule has 104 heavy (non-hydrogen) atoms. The Kier molecular flexibility index (Phi) is 25.7. The van der Waals surface area contributed by atoms with Crippen molar-refractivity contribution in [1.82, 2.24) is 32.2 Å². The Hall–Kier alpha value is -10.7. The molecule has 3 amide bonds. The Morgan fingerprint density at radius 3 is 1.15 bits per heavy atom. The second-order valence-electron chi connectivity index (χ2n) is 24.1. The maximum Gasteiger partial charge on any atom is 0.323 e. The highest BCUT2D eigenvalue weighted by atomic mass is 32.2. The number of sulfonamides is 4. The van der Waals surface area contributed by atoms with Crippen molar-refractivity contribution in [3.05, 3.63) is 232 Å². The van der Waals surface area contributed by atoms with E-state index >= 15 is 0 Å². The lowest BCUT2D eigenvalue weighted by molar-refractivity contribution is -0.385. The van der Waals surface area contributed by atoms with Gasteiger partial charge in [0.25, 0.3) is 11.4 Å². The number of carboxylic acid groups (broad SMARTS) is 1. The summed E-state index contributed by atoms with van der Waals surface area (Å²) in [5.74, 6) is -1.55. The van der Waals surface area contributed by atoms with E-state index in [1.54, 1.807) is 91.4 Å². The third-order valence-corrected chi connectivity index (χ3v) is 24.7. The predicted octanol–water partition coefficient (Wildman–Crippen LogP) is 8.24. The highest BCUT2D eigenvalue weighted by Crippen LogP contribution is 2.33. The lowest BCUT2D eigenvalue weighted by atomic mass is 10.1. The molecule has 4 fully saturated rings. The lowest BCUT2D eigenvalue weighted by Gasteiger charge is -2.23. The van der Waals surface area contributed by atoms with Gasteiger partial charge in [0.2, 0.25) is 46.0 Å². The number of ketones is 2. The highest BCUT2D eigenvalue weighted by Gasteiger charge is 2.43. The molecule has 1 unspecified atom stereocenters. The number of nitrogens with one attached hydrogen (secondary N) is 3. The van der Waals surface area contributed by atoms with E-state index in [4.69, 9.17) is 10.8 Å². The minimum atomic E-state index is -3.95. The summed E-state index contributed by atoms with van der Waals surface area (Å²) in [4.78, 5) is 93.6. The van der Waals surface area contributed by atoms with Gasteiger partial charge in [-0.1, -0.05) is 35.9 Å². The zero-order valence-corrected chi connectivity index (χ0v) is 59.1. The highest BCUT2D eigenvalue weighted by molar-refractivity contribution is 7.90. The number of benzene rings is 5. The number of aliphatic carboxylic acids is 1. The van der Waals surface area contributed by atoms with Crippen molar-refractivity contribution in [2.45, 2.75) is 115 Å². The van der Waals surface area contributed by atoms with E-state index in [9.17, 15) is 77.9 Å². The predicted molar refractivity (Wildman–Crippen MR) is 381 cm³/mol. The SMILES string of the molecule is Cc1ccc(NC(=O)Nc2ccc(S(=O)(=O)N3CCCC3C(=O)Nc3ccccn3)cc2)cc1.Nc1ccc(S(=O)(=O)N2CCC[C@H]2C(=O)Cc2ccccn2)cc1.O=C(Cc1ccccn1)[C@@H]1CCCN1S(=O)(=O)c1ccc([N+](=O)[O-])cc1.O=C(O)[C@@H]1CCCN1S(=O)(=O)c1ccc([N+](=O)[O-])cc1. The van der Waals surface area contributed by atoms with Crippen molar-refractivity contribution < 1.29 is 72.6 Å². The van der Waals surface area contributed by atoms with Crippen molar-refractivity contribution in [2.75, 3.05) is 47.9 Å². The number of aryl methyl sites for hydroxylation is 1. The summed E-state index contributed by atoms with van der Waals surface area (Å²) in [6.45, 7) is 2.94. The van der Waals surface area contributed by atoms with Gasteiger partial charge in [-0.15, -0.1) is 0 Å². The average molecular weight is 1500 g/mol. The molecule has 6 N–H and O–H groups in total. The van der Waals surface area contributed by atoms with Gasteiger partial charge in [0, 0.05) is 97.5 Å². The molecule has 0 spiro atoms. The molecule has 4 aliphatic rings. The number of nitro groups is 2. The number of nitrogens with two attached hydrogens (primary N) is 1. The van der Waals surface area contributed by atoms with Crippen LogP contribution < -0.4 is 21.7 Å². The summed E-state index contributed by atoms with van der Waals surface area (Å²) < 4.78 is 107. The van der Waals surface area contributed by atoms with Crippen LogP contribution in [0, 0.1) is 27.2 Å². The quantitative estimate of drug-likeness (QED) is 0.0257. The molecule has 0 aliphatic carbocycles. The van der Waals surface area contributed by atoms with E-state index in [1.165, 1.54) is 61.4 Å². The number of carbonyl (C=O) groups is 5. The summed E-state index contributed by atoms with van der Waals surface area (Å²) in [6, 6.07) is 40.4. The second kappa shape index (κ2) is 34.5. The van der Waals surface area contributed by atoms with Crippen LogP contribution in [0.25, 0.3) is 0 Å². The van der Waals surface area contributed by atoms with Crippen LogP contribution in [0.15, 0.2) is 214 Å². The fourth-order valence-corrected chi connectivity index (χ4v) is 18.5. The van der Waals surface area contributed by atoms with Gasteiger partial charge in [-0.3, -0.25) is 49.4 Å². The molecule has 0 saturated carbocycles. The number of anilines is 4. The number of amides is 3. The molecule has 4 saturated heterocycles. The van der Waals surface area contributed by atoms with E-state index in [-0.39, 0.29) is 81.4 Å². The number of hydrogen-bond acceptors (Lipinski definition) is 21. The van der Waals surface area contributed by atoms with Gasteiger partial charge in [0.1, 0.15) is 17.9 Å². The normalized spacial score (nSPS) is 17.9. The Balaban J connectivity index is 0.000000164. The van der Waals surface area contributed by atoms with E-state index in [0.29, 0.717) is 85.8 Å². The van der Waals surface area contributed by atoms with Crippen molar-refractivity contribution in [3.63, 3.8) is 0 Å². The number of non-ortho nitro benzene ring substituents is 2. The first kappa shape index (κ1) is 77.5. The maximum absolute atomic E-state index is 13.2. The number of nitrogens with zero attached hydrogens (tertiary/aromatic N) is 9. The van der Waals surface area contributed by atoms with Gasteiger partial charge in [-0.25, -0.2) is 43.4 Å². The molecule has 5 aromatic carbocycles. The van der Waals surface area contributed by atoms with Gasteiger partial charge in [-0.05, 0) is 180 Å². The van der Waals surface area contributed by atoms with Crippen molar-refractivity contribution in [2.24, 2.45) is 0 Å². The van der Waals surface area contributed by atoms with E-state index in [2.05, 4.69) is 30.9 Å². The van der Waals surface area contributed by atoms with Gasteiger partial charge in [0.15, 0.2) is 11.6 Å². The number of carbonyl (C=O) groups excluding carboxylic acids is 4. The number of nitrogen functional groups attached to an aromatic ring is 1. The van der Waals surface area contributed by atoms with Crippen LogP contribution in [-0.2, 0) is 72.1 Å². The summed E-state index contributed by atoms with van der Waals surface area (Å²) >= 11 is 0. The van der Waals surface area contributed by atoms with Crippen LogP contribution in [0.4, 0.5) is 39.0 Å². The van der Waals surface area contributed by atoms with Crippen LogP contribution >= 0.6 is 0 Å². The monoisotopic (exact) mass is 1500 g/mol. The summed E-state index contributed by atoms with van der Waals surface area (Å²) in [7, 11) is -15.4. The zero-order chi connectivity index (χ0) is 74.9. The summed E-state index contributed by atoms with van der Waals surface area (Å²) in [5.41, 5.74) is 9.12. The maximum atomic E-state index is 13.2. The fraction of sp³-hybridized carbons (Fsp3) is 0.275.